The average molecular weight is 257 g/mol. The lowest BCUT2D eigenvalue weighted by Crippen LogP contribution is -2.42. The molecule has 96 valence electrons. The highest BCUT2D eigenvalue weighted by molar-refractivity contribution is 7.91. The zero-order valence-corrected chi connectivity index (χ0v) is 11.0. The second-order valence-corrected chi connectivity index (χ2v) is 7.66. The van der Waals surface area contributed by atoms with Crippen LogP contribution in [0.1, 0.15) is 45.4 Å². The summed E-state index contributed by atoms with van der Waals surface area (Å²) in [6, 6.07) is 0. The van der Waals surface area contributed by atoms with Crippen molar-refractivity contribution in [2.45, 2.75) is 50.2 Å². The number of allylic oxidation sites excluding steroid dienone is 1. The normalized spacial score (nSPS) is 27.6. The minimum Gasteiger partial charge on any atom is -0.274 e. The highest BCUT2D eigenvalue weighted by atomic mass is 32.2. The Morgan fingerprint density at radius 1 is 1.47 bits per heavy atom. The van der Waals surface area contributed by atoms with E-state index in [1.165, 1.54) is 0 Å². The van der Waals surface area contributed by atoms with E-state index in [0.717, 1.165) is 24.8 Å². The minimum absolute atomic E-state index is 0.214. The number of sulfonamides is 1. The molecule has 0 heterocycles. The molecule has 2 saturated carbocycles. The van der Waals surface area contributed by atoms with Crippen molar-refractivity contribution < 1.29 is 13.2 Å². The van der Waals surface area contributed by atoms with Crippen molar-refractivity contribution in [2.24, 2.45) is 5.92 Å². The Kier molecular flexibility index (Phi) is 3.06. The van der Waals surface area contributed by atoms with E-state index >= 15 is 0 Å². The Balaban J connectivity index is 1.99. The first-order chi connectivity index (χ1) is 7.84. The van der Waals surface area contributed by atoms with E-state index in [1.807, 2.05) is 0 Å². The van der Waals surface area contributed by atoms with Crippen LogP contribution in [0.25, 0.3) is 0 Å². The topological polar surface area (TPSA) is 63.2 Å². The molecule has 2 aliphatic carbocycles. The Morgan fingerprint density at radius 3 is 2.65 bits per heavy atom. The van der Waals surface area contributed by atoms with Crippen molar-refractivity contribution >= 4 is 15.9 Å². The first-order valence-corrected chi connectivity index (χ1v) is 7.55. The molecule has 17 heavy (non-hydrogen) atoms. The van der Waals surface area contributed by atoms with Gasteiger partial charge in [0, 0.05) is 5.92 Å². The molecule has 1 N–H and O–H groups in total. The second kappa shape index (κ2) is 4.12. The largest absolute Gasteiger partial charge is 0.274 e. The van der Waals surface area contributed by atoms with Crippen LogP contribution in [-0.4, -0.2) is 19.1 Å². The Bertz CT molecular complexity index is 448. The number of hydrogen-bond acceptors (Lipinski definition) is 3. The Hall–Kier alpha value is -0.840. The van der Waals surface area contributed by atoms with Gasteiger partial charge in [0.05, 0.1) is 4.75 Å². The van der Waals surface area contributed by atoms with E-state index in [2.05, 4.69) is 11.3 Å². The number of carbonyl (C=O) groups is 1. The molecule has 0 bridgehead atoms. The predicted octanol–water partition coefficient (Wildman–Crippen LogP) is 1.73. The van der Waals surface area contributed by atoms with Gasteiger partial charge < -0.3 is 0 Å². The van der Waals surface area contributed by atoms with Gasteiger partial charge in [0.25, 0.3) is 0 Å². The Morgan fingerprint density at radius 2 is 2.12 bits per heavy atom. The molecule has 0 aliphatic heterocycles. The number of carbonyl (C=O) groups excluding carboxylic acids is 1. The van der Waals surface area contributed by atoms with E-state index in [-0.39, 0.29) is 11.8 Å². The molecule has 0 spiro atoms. The van der Waals surface area contributed by atoms with Gasteiger partial charge in [0.1, 0.15) is 0 Å². The van der Waals surface area contributed by atoms with E-state index in [0.29, 0.717) is 19.3 Å². The smallest absolute Gasteiger partial charge is 0.240 e. The van der Waals surface area contributed by atoms with Gasteiger partial charge in [0.15, 0.2) is 0 Å². The van der Waals surface area contributed by atoms with Gasteiger partial charge in [-0.3, -0.25) is 9.52 Å². The molecular weight excluding hydrogens is 238 g/mol. The fourth-order valence-electron chi connectivity index (χ4n) is 2.16. The summed E-state index contributed by atoms with van der Waals surface area (Å²) in [7, 11) is -3.48. The van der Waals surface area contributed by atoms with Crippen molar-refractivity contribution in [3.8, 4) is 0 Å². The van der Waals surface area contributed by atoms with Crippen LogP contribution in [0, 0.1) is 5.92 Å². The van der Waals surface area contributed by atoms with Crippen LogP contribution in [0.4, 0.5) is 0 Å². The lowest BCUT2D eigenvalue weighted by molar-refractivity contribution is -0.123. The van der Waals surface area contributed by atoms with Gasteiger partial charge in [-0.05, 0) is 45.4 Å². The van der Waals surface area contributed by atoms with Crippen molar-refractivity contribution in [3.63, 3.8) is 0 Å². The summed E-state index contributed by atoms with van der Waals surface area (Å²) in [5, 5.41) is 0. The molecule has 2 fully saturated rings. The molecule has 0 aromatic heterocycles. The monoisotopic (exact) mass is 257 g/mol. The fraction of sp³-hybridized carbons (Fsp3) is 0.750. The summed E-state index contributed by atoms with van der Waals surface area (Å²) >= 11 is 0. The molecule has 4 nitrogen and oxygen atoms in total. The highest BCUT2D eigenvalue weighted by Gasteiger charge is 2.51. The second-order valence-electron chi connectivity index (χ2n) is 5.46. The minimum atomic E-state index is -3.48. The first kappa shape index (κ1) is 12.6. The lowest BCUT2D eigenvalue weighted by atomic mass is 9.86. The number of nitrogens with one attached hydrogen (secondary N) is 1. The zero-order valence-electron chi connectivity index (χ0n) is 10.2. The van der Waals surface area contributed by atoms with Crippen LogP contribution in [0.2, 0.25) is 0 Å². The summed E-state index contributed by atoms with van der Waals surface area (Å²) in [4.78, 5) is 11.9. The molecule has 5 heteroatoms. The third kappa shape index (κ3) is 2.54. The molecule has 1 unspecified atom stereocenters. The summed E-state index contributed by atoms with van der Waals surface area (Å²) in [5.41, 5.74) is 1.05. The van der Waals surface area contributed by atoms with Crippen molar-refractivity contribution in [1.29, 1.82) is 0 Å². The van der Waals surface area contributed by atoms with Crippen LogP contribution < -0.4 is 4.72 Å². The molecule has 2 rings (SSSR count). The summed E-state index contributed by atoms with van der Waals surface area (Å²) in [6.07, 6.45) is 4.55. The number of amides is 1. The lowest BCUT2D eigenvalue weighted by Gasteiger charge is -2.23. The summed E-state index contributed by atoms with van der Waals surface area (Å²) in [6.45, 7) is 5.56. The van der Waals surface area contributed by atoms with Crippen LogP contribution in [0.5, 0.6) is 0 Å². The van der Waals surface area contributed by atoms with E-state index in [4.69, 9.17) is 0 Å². The average Bonchev–Trinajstić information content (AvgIpc) is 2.97. The summed E-state index contributed by atoms with van der Waals surface area (Å²) in [5.74, 6) is -0.563. The molecule has 1 atom stereocenters. The third-order valence-electron chi connectivity index (χ3n) is 3.83. The maximum Gasteiger partial charge on any atom is 0.240 e. The van der Waals surface area contributed by atoms with Crippen molar-refractivity contribution in [3.05, 3.63) is 12.2 Å². The molecule has 1 amide bonds. The van der Waals surface area contributed by atoms with Gasteiger partial charge in [-0.15, -0.1) is 0 Å². The van der Waals surface area contributed by atoms with Crippen molar-refractivity contribution in [2.75, 3.05) is 0 Å². The number of hydrogen-bond donors (Lipinski definition) is 1. The first-order valence-electron chi connectivity index (χ1n) is 6.07. The molecular formula is C12H19NO3S. The molecule has 2 aliphatic rings. The van der Waals surface area contributed by atoms with Crippen molar-refractivity contribution in [1.82, 2.24) is 4.72 Å². The third-order valence-corrected chi connectivity index (χ3v) is 6.00. The van der Waals surface area contributed by atoms with Gasteiger partial charge in [0.2, 0.25) is 15.9 Å². The van der Waals surface area contributed by atoms with Crippen LogP contribution >= 0.6 is 0 Å². The van der Waals surface area contributed by atoms with Crippen LogP contribution in [0.3, 0.4) is 0 Å². The van der Waals surface area contributed by atoms with Crippen LogP contribution in [-0.2, 0) is 14.8 Å². The number of rotatable bonds is 3. The van der Waals surface area contributed by atoms with Gasteiger partial charge in [-0.2, -0.15) is 0 Å². The molecule has 0 saturated heterocycles. The summed E-state index contributed by atoms with van der Waals surface area (Å²) < 4.78 is 25.3. The molecule has 0 radical (unpaired) electrons. The molecule has 0 aromatic rings. The Labute approximate surface area is 103 Å². The van der Waals surface area contributed by atoms with E-state index < -0.39 is 14.8 Å². The maximum absolute atomic E-state index is 11.9. The van der Waals surface area contributed by atoms with E-state index in [1.54, 1.807) is 6.92 Å². The zero-order chi connectivity index (χ0) is 12.7. The van der Waals surface area contributed by atoms with Gasteiger partial charge in [-0.25, -0.2) is 8.42 Å². The van der Waals surface area contributed by atoms with Gasteiger partial charge >= 0.3 is 0 Å². The highest BCUT2D eigenvalue weighted by Crippen LogP contribution is 2.42. The fourth-order valence-corrected chi connectivity index (χ4v) is 3.48. The molecule has 0 aromatic carbocycles. The SMILES string of the molecule is C=C1CCCC(C(=O)NS(=O)(=O)C2(C)CC2)C1. The van der Waals surface area contributed by atoms with Gasteiger partial charge in [-0.1, -0.05) is 12.2 Å². The predicted molar refractivity (Wildman–Crippen MR) is 65.8 cm³/mol. The quantitative estimate of drug-likeness (QED) is 0.783. The standard InChI is InChI=1S/C12H19NO3S/c1-9-4-3-5-10(8-9)11(14)13-17(15,16)12(2)6-7-12/h10H,1,3-8H2,2H3,(H,13,14). The van der Waals surface area contributed by atoms with E-state index in [9.17, 15) is 13.2 Å². The maximum atomic E-state index is 11.9. The van der Waals surface area contributed by atoms with Crippen LogP contribution in [0.15, 0.2) is 12.2 Å².